The molecule has 1 rings (SSSR count). The topological polar surface area (TPSA) is 47.6 Å². The molecule has 5 heteroatoms. The largest absolute Gasteiger partial charge is 0.465 e. The number of rotatable bonds is 6. The molecule has 1 aromatic carbocycles. The molecule has 0 heterocycles. The van der Waals surface area contributed by atoms with Gasteiger partial charge in [-0.05, 0) is 38.5 Å². The van der Waals surface area contributed by atoms with E-state index in [0.717, 1.165) is 6.42 Å². The summed E-state index contributed by atoms with van der Waals surface area (Å²) >= 11 is 0. The first-order valence-electron chi connectivity index (χ1n) is 6.06. The van der Waals surface area contributed by atoms with Crippen LogP contribution in [0.25, 0.3) is 0 Å². The maximum absolute atomic E-state index is 13.2. The number of nitrogens with one attached hydrogen (secondary N) is 1. The maximum atomic E-state index is 13.2. The molecular formula is C14H20FNO3. The number of benzene rings is 1. The summed E-state index contributed by atoms with van der Waals surface area (Å²) < 4.78 is 23.2. The second kappa shape index (κ2) is 6.52. The van der Waals surface area contributed by atoms with Crippen LogP contribution in [0, 0.1) is 5.82 Å². The van der Waals surface area contributed by atoms with Crippen LogP contribution in [0.15, 0.2) is 18.2 Å². The SMILES string of the molecule is COC(=O)c1ccc(F)cc1NCCC(C)(C)OC. The van der Waals surface area contributed by atoms with E-state index in [0.29, 0.717) is 17.8 Å². The summed E-state index contributed by atoms with van der Waals surface area (Å²) in [5.41, 5.74) is 0.476. The van der Waals surface area contributed by atoms with Gasteiger partial charge in [-0.25, -0.2) is 9.18 Å². The second-order valence-corrected chi connectivity index (χ2v) is 4.82. The van der Waals surface area contributed by atoms with E-state index in [1.807, 2.05) is 13.8 Å². The van der Waals surface area contributed by atoms with Crippen molar-refractivity contribution >= 4 is 11.7 Å². The smallest absolute Gasteiger partial charge is 0.339 e. The second-order valence-electron chi connectivity index (χ2n) is 4.82. The average molecular weight is 269 g/mol. The van der Waals surface area contributed by atoms with E-state index in [9.17, 15) is 9.18 Å². The number of hydrogen-bond donors (Lipinski definition) is 1. The van der Waals surface area contributed by atoms with Crippen molar-refractivity contribution in [2.45, 2.75) is 25.9 Å². The van der Waals surface area contributed by atoms with Crippen molar-refractivity contribution in [3.63, 3.8) is 0 Å². The molecule has 0 aliphatic rings. The quantitative estimate of drug-likeness (QED) is 0.807. The zero-order valence-corrected chi connectivity index (χ0v) is 11.7. The van der Waals surface area contributed by atoms with E-state index in [2.05, 4.69) is 10.1 Å². The molecule has 0 saturated carbocycles. The van der Waals surface area contributed by atoms with Crippen LogP contribution in [-0.2, 0) is 9.47 Å². The van der Waals surface area contributed by atoms with Gasteiger partial charge in [0.05, 0.1) is 24.0 Å². The summed E-state index contributed by atoms with van der Waals surface area (Å²) in [6.45, 7) is 4.48. The highest BCUT2D eigenvalue weighted by molar-refractivity contribution is 5.95. The van der Waals surface area contributed by atoms with Gasteiger partial charge in [-0.2, -0.15) is 0 Å². The molecule has 19 heavy (non-hydrogen) atoms. The third-order valence-electron chi connectivity index (χ3n) is 2.98. The van der Waals surface area contributed by atoms with Gasteiger partial charge in [0.2, 0.25) is 0 Å². The number of carbonyl (C=O) groups excluding carboxylic acids is 1. The van der Waals surface area contributed by atoms with Crippen LogP contribution in [0.1, 0.15) is 30.6 Å². The van der Waals surface area contributed by atoms with Crippen molar-refractivity contribution in [1.29, 1.82) is 0 Å². The number of ether oxygens (including phenoxy) is 2. The molecule has 0 radical (unpaired) electrons. The zero-order valence-electron chi connectivity index (χ0n) is 11.7. The molecule has 0 fully saturated rings. The molecule has 106 valence electrons. The minimum atomic E-state index is -0.492. The zero-order chi connectivity index (χ0) is 14.5. The van der Waals surface area contributed by atoms with Gasteiger partial charge in [-0.1, -0.05) is 0 Å². The molecule has 1 aromatic rings. The first-order chi connectivity index (χ1) is 8.89. The van der Waals surface area contributed by atoms with Gasteiger partial charge in [0.15, 0.2) is 0 Å². The van der Waals surface area contributed by atoms with Crippen molar-refractivity contribution in [3.8, 4) is 0 Å². The number of carbonyl (C=O) groups is 1. The van der Waals surface area contributed by atoms with Crippen molar-refractivity contribution in [3.05, 3.63) is 29.6 Å². The first-order valence-corrected chi connectivity index (χ1v) is 6.06. The minimum absolute atomic E-state index is 0.272. The van der Waals surface area contributed by atoms with Crippen molar-refractivity contribution in [2.75, 3.05) is 26.1 Å². The highest BCUT2D eigenvalue weighted by Gasteiger charge is 2.17. The lowest BCUT2D eigenvalue weighted by Gasteiger charge is -2.23. The monoisotopic (exact) mass is 269 g/mol. The predicted octanol–water partition coefficient (Wildman–Crippen LogP) is 2.84. The fourth-order valence-corrected chi connectivity index (χ4v) is 1.55. The molecule has 4 nitrogen and oxygen atoms in total. The van der Waals surface area contributed by atoms with Gasteiger partial charge < -0.3 is 14.8 Å². The van der Waals surface area contributed by atoms with Gasteiger partial charge in [0.25, 0.3) is 0 Å². The van der Waals surface area contributed by atoms with E-state index in [1.54, 1.807) is 7.11 Å². The van der Waals surface area contributed by atoms with Crippen molar-refractivity contribution < 1.29 is 18.7 Å². The molecule has 0 aliphatic heterocycles. The fourth-order valence-electron chi connectivity index (χ4n) is 1.55. The van der Waals surface area contributed by atoms with Crippen LogP contribution in [-0.4, -0.2) is 32.3 Å². The summed E-state index contributed by atoms with van der Waals surface area (Å²) in [5.74, 6) is -0.894. The van der Waals surface area contributed by atoms with Crippen LogP contribution in [0.4, 0.5) is 10.1 Å². The maximum Gasteiger partial charge on any atom is 0.339 e. The van der Waals surface area contributed by atoms with Crippen LogP contribution >= 0.6 is 0 Å². The number of halogens is 1. The average Bonchev–Trinajstić information content (AvgIpc) is 2.38. The summed E-state index contributed by atoms with van der Waals surface area (Å²) in [7, 11) is 2.94. The van der Waals surface area contributed by atoms with Gasteiger partial charge in [0.1, 0.15) is 5.82 Å². The summed E-state index contributed by atoms with van der Waals surface area (Å²) in [4.78, 5) is 11.6. The molecule has 0 spiro atoms. The van der Waals surface area contributed by atoms with E-state index in [1.165, 1.54) is 25.3 Å². The van der Waals surface area contributed by atoms with E-state index < -0.39 is 11.8 Å². The van der Waals surface area contributed by atoms with E-state index in [-0.39, 0.29) is 5.60 Å². The van der Waals surface area contributed by atoms with Gasteiger partial charge in [0, 0.05) is 13.7 Å². The van der Waals surface area contributed by atoms with E-state index in [4.69, 9.17) is 4.74 Å². The predicted molar refractivity (Wildman–Crippen MR) is 71.9 cm³/mol. The Morgan fingerprint density at radius 3 is 2.63 bits per heavy atom. The lowest BCUT2D eigenvalue weighted by molar-refractivity contribution is 0.0185. The Hall–Kier alpha value is -1.62. The van der Waals surface area contributed by atoms with Gasteiger partial charge in [-0.3, -0.25) is 0 Å². The molecule has 0 aromatic heterocycles. The Balaban J connectivity index is 2.76. The molecule has 0 saturated heterocycles. The van der Waals surface area contributed by atoms with Crippen molar-refractivity contribution in [1.82, 2.24) is 0 Å². The van der Waals surface area contributed by atoms with Crippen LogP contribution < -0.4 is 5.32 Å². The summed E-state index contributed by atoms with van der Waals surface area (Å²) in [5, 5.41) is 3.04. The third kappa shape index (κ3) is 4.52. The lowest BCUT2D eigenvalue weighted by Crippen LogP contribution is -2.26. The minimum Gasteiger partial charge on any atom is -0.465 e. The fraction of sp³-hybridized carbons (Fsp3) is 0.500. The normalized spacial score (nSPS) is 11.2. The number of anilines is 1. The molecule has 0 aliphatic carbocycles. The molecule has 0 amide bonds. The first kappa shape index (κ1) is 15.4. The lowest BCUT2D eigenvalue weighted by atomic mass is 10.1. The van der Waals surface area contributed by atoms with Gasteiger partial charge in [-0.15, -0.1) is 0 Å². The standard InChI is InChI=1S/C14H20FNO3/c1-14(2,19-4)7-8-16-12-9-10(15)5-6-11(12)13(17)18-3/h5-6,9,16H,7-8H2,1-4H3. The number of esters is 1. The highest BCUT2D eigenvalue weighted by atomic mass is 19.1. The highest BCUT2D eigenvalue weighted by Crippen LogP contribution is 2.19. The van der Waals surface area contributed by atoms with Crippen LogP contribution in [0.3, 0.4) is 0 Å². The van der Waals surface area contributed by atoms with E-state index >= 15 is 0 Å². The Labute approximate surface area is 112 Å². The summed E-state index contributed by atoms with van der Waals surface area (Å²) in [6, 6.07) is 3.92. The van der Waals surface area contributed by atoms with Crippen LogP contribution in [0.2, 0.25) is 0 Å². The Bertz CT molecular complexity index is 446. The summed E-state index contributed by atoms with van der Waals surface area (Å²) in [6.07, 6.45) is 0.723. The molecule has 0 atom stereocenters. The number of methoxy groups -OCH3 is 2. The third-order valence-corrected chi connectivity index (χ3v) is 2.98. The number of hydrogen-bond acceptors (Lipinski definition) is 4. The Kier molecular flexibility index (Phi) is 5.30. The molecule has 0 bridgehead atoms. The molecular weight excluding hydrogens is 249 g/mol. The van der Waals surface area contributed by atoms with Crippen LogP contribution in [0.5, 0.6) is 0 Å². The van der Waals surface area contributed by atoms with Crippen molar-refractivity contribution in [2.24, 2.45) is 0 Å². The Morgan fingerprint density at radius 1 is 1.37 bits per heavy atom. The molecule has 0 unspecified atom stereocenters. The van der Waals surface area contributed by atoms with Gasteiger partial charge >= 0.3 is 5.97 Å². The Morgan fingerprint density at radius 2 is 2.05 bits per heavy atom. The molecule has 1 N–H and O–H groups in total.